The van der Waals surface area contributed by atoms with Crippen LogP contribution in [0.2, 0.25) is 0 Å². The van der Waals surface area contributed by atoms with Crippen molar-refractivity contribution in [3.8, 4) is 16.9 Å². The summed E-state index contributed by atoms with van der Waals surface area (Å²) in [6.45, 7) is 2.00. The lowest BCUT2D eigenvalue weighted by Crippen LogP contribution is -2.04. The molecule has 2 nitrogen and oxygen atoms in total. The highest BCUT2D eigenvalue weighted by atomic mass is 19.4. The van der Waals surface area contributed by atoms with Crippen LogP contribution in [0.15, 0.2) is 54.6 Å². The number of aryl methyl sites for hydroxylation is 1. The lowest BCUT2D eigenvalue weighted by atomic mass is 9.99. The number of hydrogen-bond donors (Lipinski definition) is 1. The Morgan fingerprint density at radius 1 is 0.885 bits per heavy atom. The number of aromatic nitrogens is 1. The van der Waals surface area contributed by atoms with Crippen molar-refractivity contribution in [1.82, 2.24) is 4.98 Å². The van der Waals surface area contributed by atoms with Gasteiger partial charge in [-0.3, -0.25) is 0 Å². The molecule has 0 aliphatic rings. The number of benzene rings is 3. The maximum Gasteiger partial charge on any atom is 0.416 e. The second-order valence-corrected chi connectivity index (χ2v) is 6.27. The van der Waals surface area contributed by atoms with Crippen molar-refractivity contribution < 1.29 is 17.9 Å². The molecule has 0 amide bonds. The first-order valence-electron chi connectivity index (χ1n) is 8.16. The van der Waals surface area contributed by atoms with Gasteiger partial charge in [0, 0.05) is 21.9 Å². The number of hydrogen-bond acceptors (Lipinski definition) is 1. The fourth-order valence-corrected chi connectivity index (χ4v) is 3.43. The van der Waals surface area contributed by atoms with Crippen molar-refractivity contribution >= 4 is 21.8 Å². The van der Waals surface area contributed by atoms with E-state index < -0.39 is 11.7 Å². The minimum Gasteiger partial charge on any atom is -0.496 e. The van der Waals surface area contributed by atoms with Crippen LogP contribution in [-0.2, 0) is 6.18 Å². The number of aromatic amines is 1. The zero-order valence-corrected chi connectivity index (χ0v) is 14.2. The number of halogens is 3. The van der Waals surface area contributed by atoms with Crippen molar-refractivity contribution in [2.24, 2.45) is 0 Å². The molecule has 1 N–H and O–H groups in total. The average Bonchev–Trinajstić information content (AvgIpc) is 3.00. The summed E-state index contributed by atoms with van der Waals surface area (Å²) in [7, 11) is 1.52. The molecule has 4 rings (SSSR count). The first-order chi connectivity index (χ1) is 12.4. The van der Waals surface area contributed by atoms with Gasteiger partial charge in [0.1, 0.15) is 5.75 Å². The van der Waals surface area contributed by atoms with Gasteiger partial charge in [0.25, 0.3) is 0 Å². The number of fused-ring (bicyclic) bond motifs is 3. The Balaban J connectivity index is 2.08. The highest BCUT2D eigenvalue weighted by Gasteiger charge is 2.31. The number of alkyl halides is 3. The molecule has 0 aliphatic heterocycles. The average molecular weight is 355 g/mol. The number of nitrogens with one attached hydrogen (secondary N) is 1. The summed E-state index contributed by atoms with van der Waals surface area (Å²) < 4.78 is 44.9. The lowest BCUT2D eigenvalue weighted by Gasteiger charge is -2.13. The minimum atomic E-state index is -4.39. The molecule has 0 unspecified atom stereocenters. The molecule has 3 aromatic carbocycles. The van der Waals surface area contributed by atoms with Crippen LogP contribution in [0.4, 0.5) is 13.2 Å². The van der Waals surface area contributed by atoms with E-state index in [-0.39, 0.29) is 0 Å². The molecule has 4 aromatic rings. The van der Waals surface area contributed by atoms with Gasteiger partial charge in [0.05, 0.1) is 18.2 Å². The van der Waals surface area contributed by atoms with Gasteiger partial charge in [-0.25, -0.2) is 0 Å². The van der Waals surface area contributed by atoms with E-state index in [9.17, 15) is 13.2 Å². The lowest BCUT2D eigenvalue weighted by molar-refractivity contribution is -0.137. The summed E-state index contributed by atoms with van der Waals surface area (Å²) in [6.07, 6.45) is -4.39. The van der Waals surface area contributed by atoms with Crippen LogP contribution in [0.5, 0.6) is 5.75 Å². The second-order valence-electron chi connectivity index (χ2n) is 6.27. The van der Waals surface area contributed by atoms with E-state index in [2.05, 4.69) is 4.98 Å². The standard InChI is InChI=1S/C21H16F3NO/c1-12-5-3-8-15-16-9-10-17(26-2)18(20(16)25-19(12)15)13-6-4-7-14(11-13)21(22,23)24/h3-11,25H,1-2H3. The summed E-state index contributed by atoms with van der Waals surface area (Å²) in [5.74, 6) is 0.529. The summed E-state index contributed by atoms with van der Waals surface area (Å²) >= 11 is 0. The van der Waals surface area contributed by atoms with Gasteiger partial charge >= 0.3 is 6.18 Å². The van der Waals surface area contributed by atoms with E-state index in [1.54, 1.807) is 12.1 Å². The molecule has 0 radical (unpaired) electrons. The molecule has 0 bridgehead atoms. The first kappa shape index (κ1) is 16.5. The highest BCUT2D eigenvalue weighted by Crippen LogP contribution is 2.41. The van der Waals surface area contributed by atoms with E-state index in [4.69, 9.17) is 4.74 Å². The largest absolute Gasteiger partial charge is 0.496 e. The Morgan fingerprint density at radius 2 is 1.62 bits per heavy atom. The molecule has 0 saturated carbocycles. The van der Waals surface area contributed by atoms with E-state index in [1.165, 1.54) is 13.2 Å². The SMILES string of the molecule is COc1ccc2c([nH]c3c(C)cccc32)c1-c1cccc(C(F)(F)F)c1. The number of rotatable bonds is 2. The fraction of sp³-hybridized carbons (Fsp3) is 0.143. The van der Waals surface area contributed by atoms with Crippen molar-refractivity contribution in [3.05, 3.63) is 65.7 Å². The Hall–Kier alpha value is -2.95. The number of para-hydroxylation sites is 1. The van der Waals surface area contributed by atoms with Gasteiger partial charge in [-0.15, -0.1) is 0 Å². The van der Waals surface area contributed by atoms with Gasteiger partial charge < -0.3 is 9.72 Å². The first-order valence-corrected chi connectivity index (χ1v) is 8.16. The molecule has 0 aliphatic carbocycles. The Bertz CT molecular complexity index is 1130. The number of H-pyrrole nitrogens is 1. The van der Waals surface area contributed by atoms with Crippen LogP contribution in [0.25, 0.3) is 32.9 Å². The molecular weight excluding hydrogens is 339 g/mol. The maximum atomic E-state index is 13.2. The van der Waals surface area contributed by atoms with Gasteiger partial charge in [0.15, 0.2) is 0 Å². The molecule has 1 aromatic heterocycles. The zero-order chi connectivity index (χ0) is 18.5. The second kappa shape index (κ2) is 5.80. The molecule has 26 heavy (non-hydrogen) atoms. The third-order valence-electron chi connectivity index (χ3n) is 4.68. The summed E-state index contributed by atoms with van der Waals surface area (Å²) in [5.41, 5.74) is 3.24. The third-order valence-corrected chi connectivity index (χ3v) is 4.68. The normalized spacial score (nSPS) is 12.0. The maximum absolute atomic E-state index is 13.2. The summed E-state index contributed by atoms with van der Waals surface area (Å²) in [4.78, 5) is 3.39. The van der Waals surface area contributed by atoms with Gasteiger partial charge in [-0.05, 0) is 42.3 Å². The molecule has 5 heteroatoms. The Kier molecular flexibility index (Phi) is 3.68. The quantitative estimate of drug-likeness (QED) is 0.447. The van der Waals surface area contributed by atoms with Crippen LogP contribution in [-0.4, -0.2) is 12.1 Å². The molecule has 0 fully saturated rings. The van der Waals surface area contributed by atoms with Crippen LogP contribution < -0.4 is 4.74 Å². The number of methoxy groups -OCH3 is 1. The van der Waals surface area contributed by atoms with Gasteiger partial charge in [0.2, 0.25) is 0 Å². The third kappa shape index (κ3) is 2.51. The van der Waals surface area contributed by atoms with Crippen molar-refractivity contribution in [2.45, 2.75) is 13.1 Å². The monoisotopic (exact) mass is 355 g/mol. The van der Waals surface area contributed by atoms with Crippen LogP contribution in [0, 0.1) is 6.92 Å². The molecule has 132 valence electrons. The smallest absolute Gasteiger partial charge is 0.416 e. The zero-order valence-electron chi connectivity index (χ0n) is 14.2. The van der Waals surface area contributed by atoms with Crippen LogP contribution in [0.3, 0.4) is 0 Å². The van der Waals surface area contributed by atoms with Crippen molar-refractivity contribution in [2.75, 3.05) is 7.11 Å². The van der Waals surface area contributed by atoms with E-state index >= 15 is 0 Å². The Morgan fingerprint density at radius 3 is 2.35 bits per heavy atom. The predicted molar refractivity (Wildman–Crippen MR) is 97.5 cm³/mol. The van der Waals surface area contributed by atoms with Gasteiger partial charge in [-0.2, -0.15) is 13.2 Å². The molecule has 0 spiro atoms. The van der Waals surface area contributed by atoms with Crippen molar-refractivity contribution in [1.29, 1.82) is 0 Å². The fourth-order valence-electron chi connectivity index (χ4n) is 3.43. The number of ether oxygens (including phenoxy) is 1. The summed E-state index contributed by atoms with van der Waals surface area (Å²) in [5, 5.41) is 1.99. The molecule has 0 atom stereocenters. The van der Waals surface area contributed by atoms with E-state index in [0.29, 0.717) is 16.9 Å². The van der Waals surface area contributed by atoms with E-state index in [1.807, 2.05) is 31.2 Å². The van der Waals surface area contributed by atoms with Crippen molar-refractivity contribution in [3.63, 3.8) is 0 Å². The van der Waals surface area contributed by atoms with Crippen LogP contribution >= 0.6 is 0 Å². The Labute approximate surface area is 148 Å². The summed E-state index contributed by atoms with van der Waals surface area (Å²) in [6, 6.07) is 15.0. The molecule has 1 heterocycles. The topological polar surface area (TPSA) is 25.0 Å². The highest BCUT2D eigenvalue weighted by molar-refractivity contribution is 6.13. The predicted octanol–water partition coefficient (Wildman–Crippen LogP) is 6.32. The minimum absolute atomic E-state index is 0.464. The molecular formula is C21H16F3NO. The van der Waals surface area contributed by atoms with Crippen LogP contribution in [0.1, 0.15) is 11.1 Å². The van der Waals surface area contributed by atoms with Gasteiger partial charge in [-0.1, -0.05) is 30.3 Å². The molecule has 0 saturated heterocycles. The van der Waals surface area contributed by atoms with E-state index in [0.717, 1.165) is 39.5 Å².